The molecule has 5 atom stereocenters. The predicted molar refractivity (Wildman–Crippen MR) is 146 cm³/mol. The molecule has 0 aromatic carbocycles. The average Bonchev–Trinajstić information content (AvgIpc) is 3.51. The van der Waals surface area contributed by atoms with Gasteiger partial charge in [0.05, 0.1) is 0 Å². The van der Waals surface area contributed by atoms with Crippen molar-refractivity contribution in [2.75, 3.05) is 0 Å². The van der Waals surface area contributed by atoms with Crippen LogP contribution in [-0.4, -0.2) is 27.2 Å². The van der Waals surface area contributed by atoms with E-state index in [1.807, 2.05) is 0 Å². The molecule has 200 valence electrons. The summed E-state index contributed by atoms with van der Waals surface area (Å²) in [6.07, 6.45) is 22.4. The van der Waals surface area contributed by atoms with Gasteiger partial charge in [0.1, 0.15) is 0 Å². The van der Waals surface area contributed by atoms with Crippen LogP contribution < -0.4 is 0 Å². The monoisotopic (exact) mass is 493 g/mol. The fourth-order valence-electron chi connectivity index (χ4n) is 9.64. The quantitative estimate of drug-likeness (QED) is 0.422. The molecule has 4 saturated carbocycles. The molecule has 4 aliphatic carbocycles. The summed E-state index contributed by atoms with van der Waals surface area (Å²) in [5.74, 6) is 7.31. The van der Waals surface area contributed by atoms with Gasteiger partial charge in [-0.05, 0) is 125 Å². The number of nitrogens with zero attached hydrogens (tertiary/aromatic N) is 3. The zero-order chi connectivity index (χ0) is 24.9. The zero-order valence-electron chi connectivity index (χ0n) is 23.3. The maximum atomic E-state index is 6.48. The number of hydrogen-bond acceptors (Lipinski definition) is 4. The highest BCUT2D eigenvalue weighted by molar-refractivity contribution is 5.10. The van der Waals surface area contributed by atoms with Crippen LogP contribution in [0.2, 0.25) is 0 Å². The summed E-state index contributed by atoms with van der Waals surface area (Å²) in [6, 6.07) is 1.44. The van der Waals surface area contributed by atoms with E-state index in [4.69, 9.17) is 4.42 Å². The van der Waals surface area contributed by atoms with Crippen LogP contribution in [0, 0.1) is 35.0 Å². The van der Waals surface area contributed by atoms with E-state index in [1.165, 1.54) is 96.3 Å². The summed E-state index contributed by atoms with van der Waals surface area (Å²) in [6.45, 7) is 11.5. The lowest BCUT2D eigenvalue weighted by Crippen LogP contribution is -2.36. The standard InChI is InChI=1S/C32H51N3O/c1-5-35-28-9-7-6-8-26(28)27-20-24(16-19-29(27)35)31-34-33-30(36-31)23-12-10-21(11-13-23)22-14-17-25(18-15-22)32(2,3)4/h5,21-29H,1,6-20H2,2-4H3. The van der Waals surface area contributed by atoms with E-state index in [9.17, 15) is 0 Å². The molecule has 1 saturated heterocycles. The second kappa shape index (κ2) is 10.1. The molecule has 4 nitrogen and oxygen atoms in total. The second-order valence-electron chi connectivity index (χ2n) is 14.5. The predicted octanol–water partition coefficient (Wildman–Crippen LogP) is 8.47. The van der Waals surface area contributed by atoms with Crippen LogP contribution in [0.5, 0.6) is 0 Å². The van der Waals surface area contributed by atoms with Crippen LogP contribution in [0.1, 0.15) is 141 Å². The first-order valence-electron chi connectivity index (χ1n) is 15.7. The third kappa shape index (κ3) is 4.68. The van der Waals surface area contributed by atoms with Crippen LogP contribution in [0.3, 0.4) is 0 Å². The van der Waals surface area contributed by atoms with Gasteiger partial charge in [0.15, 0.2) is 0 Å². The molecular weight excluding hydrogens is 442 g/mol. The summed E-state index contributed by atoms with van der Waals surface area (Å²) < 4.78 is 6.48. The Morgan fingerprint density at radius 3 is 1.97 bits per heavy atom. The first-order valence-corrected chi connectivity index (χ1v) is 15.7. The third-order valence-corrected chi connectivity index (χ3v) is 11.8. The lowest BCUT2D eigenvalue weighted by atomic mass is 9.65. The Labute approximate surface area is 220 Å². The highest BCUT2D eigenvalue weighted by atomic mass is 16.4. The Balaban J connectivity index is 1.03. The molecule has 1 aliphatic heterocycles. The number of likely N-dealkylation sites (tertiary alicyclic amines) is 1. The fourth-order valence-corrected chi connectivity index (χ4v) is 9.64. The summed E-state index contributed by atoms with van der Waals surface area (Å²) in [7, 11) is 0. The van der Waals surface area contributed by atoms with Crippen molar-refractivity contribution in [3.05, 3.63) is 24.6 Å². The van der Waals surface area contributed by atoms with Gasteiger partial charge >= 0.3 is 0 Å². The number of hydrogen-bond donors (Lipinski definition) is 0. The summed E-state index contributed by atoms with van der Waals surface area (Å²) in [5.41, 5.74) is 0.485. The molecule has 5 fully saturated rings. The van der Waals surface area contributed by atoms with Crippen LogP contribution >= 0.6 is 0 Å². The van der Waals surface area contributed by atoms with E-state index >= 15 is 0 Å². The maximum Gasteiger partial charge on any atom is 0.219 e. The fraction of sp³-hybridized carbons (Fsp3) is 0.875. The smallest absolute Gasteiger partial charge is 0.219 e. The third-order valence-electron chi connectivity index (χ3n) is 11.8. The van der Waals surface area contributed by atoms with Crippen LogP contribution in [0.4, 0.5) is 0 Å². The molecule has 0 radical (unpaired) electrons. The van der Waals surface area contributed by atoms with E-state index in [-0.39, 0.29) is 0 Å². The first kappa shape index (κ1) is 25.0. The van der Waals surface area contributed by atoms with E-state index < -0.39 is 0 Å². The lowest BCUT2D eigenvalue weighted by molar-refractivity contribution is 0.105. The van der Waals surface area contributed by atoms with Gasteiger partial charge in [0.2, 0.25) is 11.8 Å². The van der Waals surface area contributed by atoms with E-state index in [1.54, 1.807) is 0 Å². The van der Waals surface area contributed by atoms with Crippen LogP contribution in [-0.2, 0) is 0 Å². The molecule has 0 bridgehead atoms. The van der Waals surface area contributed by atoms with Gasteiger partial charge in [0.25, 0.3) is 0 Å². The number of aromatic nitrogens is 2. The highest BCUT2D eigenvalue weighted by Crippen LogP contribution is 2.52. The molecule has 36 heavy (non-hydrogen) atoms. The Morgan fingerprint density at radius 2 is 1.31 bits per heavy atom. The molecule has 1 aromatic heterocycles. The highest BCUT2D eigenvalue weighted by Gasteiger charge is 2.50. The van der Waals surface area contributed by atoms with Crippen molar-refractivity contribution in [2.45, 2.75) is 141 Å². The van der Waals surface area contributed by atoms with Crippen molar-refractivity contribution in [3.8, 4) is 0 Å². The minimum atomic E-state index is 0.467. The Morgan fingerprint density at radius 1 is 0.722 bits per heavy atom. The van der Waals surface area contributed by atoms with Gasteiger partial charge in [-0.15, -0.1) is 10.2 Å². The molecule has 1 aromatic rings. The molecule has 5 unspecified atom stereocenters. The Bertz CT molecular complexity index is 885. The van der Waals surface area contributed by atoms with Crippen LogP contribution in [0.15, 0.2) is 17.2 Å². The molecule has 4 heteroatoms. The molecule has 2 heterocycles. The maximum absolute atomic E-state index is 6.48. The molecule has 0 N–H and O–H groups in total. The second-order valence-corrected chi connectivity index (χ2v) is 14.5. The largest absolute Gasteiger partial charge is 0.425 e. The zero-order valence-corrected chi connectivity index (χ0v) is 23.3. The lowest BCUT2D eigenvalue weighted by Gasteiger charge is -2.41. The van der Waals surface area contributed by atoms with Crippen molar-refractivity contribution in [1.82, 2.24) is 15.1 Å². The molecule has 0 amide bonds. The summed E-state index contributed by atoms with van der Waals surface area (Å²) in [4.78, 5) is 2.65. The summed E-state index contributed by atoms with van der Waals surface area (Å²) >= 11 is 0. The van der Waals surface area contributed by atoms with Crippen molar-refractivity contribution in [1.29, 1.82) is 0 Å². The van der Waals surface area contributed by atoms with E-state index in [0.717, 1.165) is 47.4 Å². The van der Waals surface area contributed by atoms with Gasteiger partial charge in [0, 0.05) is 23.9 Å². The van der Waals surface area contributed by atoms with Gasteiger partial charge in [-0.2, -0.15) is 0 Å². The minimum absolute atomic E-state index is 0.467. The number of fused-ring (bicyclic) bond motifs is 3. The van der Waals surface area contributed by atoms with Crippen molar-refractivity contribution in [3.63, 3.8) is 0 Å². The van der Waals surface area contributed by atoms with Gasteiger partial charge in [-0.1, -0.05) is 40.2 Å². The number of rotatable bonds is 4. The topological polar surface area (TPSA) is 42.2 Å². The molecule has 6 rings (SSSR count). The molecule has 5 aliphatic rings. The normalized spacial score (nSPS) is 41.5. The summed E-state index contributed by atoms with van der Waals surface area (Å²) in [5, 5.41) is 9.31. The first-order chi connectivity index (χ1) is 17.4. The molecular formula is C32H51N3O. The van der Waals surface area contributed by atoms with Gasteiger partial charge in [-0.25, -0.2) is 0 Å². The van der Waals surface area contributed by atoms with E-state index in [0.29, 0.717) is 23.3 Å². The SMILES string of the molecule is C=CN1C2CCCCC2C2CC(c3nnc(C4CCC(C5CCC(C(C)(C)C)CC5)CC4)o3)CCC21. The Kier molecular flexibility index (Phi) is 7.01. The Hall–Kier alpha value is -1.32. The minimum Gasteiger partial charge on any atom is -0.425 e. The van der Waals surface area contributed by atoms with Crippen molar-refractivity contribution < 1.29 is 4.42 Å². The van der Waals surface area contributed by atoms with E-state index in [2.05, 4.69) is 48.6 Å². The average molecular weight is 494 g/mol. The van der Waals surface area contributed by atoms with Crippen molar-refractivity contribution >= 4 is 0 Å². The molecule has 0 spiro atoms. The van der Waals surface area contributed by atoms with Gasteiger partial charge in [-0.3, -0.25) is 0 Å². The van der Waals surface area contributed by atoms with Crippen LogP contribution in [0.25, 0.3) is 0 Å². The van der Waals surface area contributed by atoms with Gasteiger partial charge < -0.3 is 9.32 Å². The van der Waals surface area contributed by atoms with Crippen molar-refractivity contribution in [2.24, 2.45) is 35.0 Å².